The molecule has 186 valence electrons. The lowest BCUT2D eigenvalue weighted by Crippen LogP contribution is -2.42. The van der Waals surface area contributed by atoms with Gasteiger partial charge in [0.2, 0.25) is 11.8 Å². The first-order valence-electron chi connectivity index (χ1n) is 11.8. The van der Waals surface area contributed by atoms with E-state index in [1.807, 2.05) is 30.3 Å². The van der Waals surface area contributed by atoms with Crippen molar-refractivity contribution in [2.24, 2.45) is 11.8 Å². The molecule has 0 bridgehead atoms. The lowest BCUT2D eigenvalue weighted by molar-refractivity contribution is -0.130. The third kappa shape index (κ3) is 4.53. The largest absolute Gasteiger partial charge is 0.464 e. The van der Waals surface area contributed by atoms with Gasteiger partial charge in [-0.15, -0.1) is 0 Å². The van der Waals surface area contributed by atoms with E-state index in [1.54, 1.807) is 36.4 Å². The Labute approximate surface area is 207 Å². The number of halogens is 2. The molecule has 2 unspecified atom stereocenters. The number of nitrogens with one attached hydrogen (secondary N) is 1. The van der Waals surface area contributed by atoms with Crippen LogP contribution in [-0.4, -0.2) is 34.9 Å². The molecule has 1 amide bonds. The Morgan fingerprint density at radius 3 is 2.67 bits per heavy atom. The number of carbonyl (C=O) groups excluding carboxylic acids is 2. The Morgan fingerprint density at radius 1 is 1.14 bits per heavy atom. The van der Waals surface area contributed by atoms with Gasteiger partial charge in [0.25, 0.3) is 0 Å². The quantitative estimate of drug-likeness (QED) is 0.480. The van der Waals surface area contributed by atoms with Crippen LogP contribution in [0.2, 0.25) is 0 Å². The molecule has 1 aliphatic heterocycles. The normalized spacial score (nSPS) is 20.4. The van der Waals surface area contributed by atoms with E-state index in [4.69, 9.17) is 4.74 Å². The molecule has 2 aromatic heterocycles. The molecule has 1 fully saturated rings. The highest BCUT2D eigenvalue weighted by Crippen LogP contribution is 2.43. The van der Waals surface area contributed by atoms with Crippen LogP contribution >= 0.6 is 0 Å². The number of aromatic nitrogens is 2. The molecule has 3 aromatic rings. The topological polar surface area (TPSA) is 84.4 Å². The number of amides is 1. The van der Waals surface area contributed by atoms with Crippen LogP contribution in [0, 0.1) is 11.8 Å². The summed E-state index contributed by atoms with van der Waals surface area (Å²) in [6, 6.07) is 12.7. The van der Waals surface area contributed by atoms with Gasteiger partial charge < -0.3 is 15.0 Å². The predicted molar refractivity (Wildman–Crippen MR) is 131 cm³/mol. The number of nitrogens with zero attached hydrogens (tertiary/aromatic N) is 3. The summed E-state index contributed by atoms with van der Waals surface area (Å²) < 4.78 is 32.7. The number of benzene rings is 1. The van der Waals surface area contributed by atoms with E-state index in [2.05, 4.69) is 15.3 Å². The molecular formula is C27H26F2N4O3. The number of fused-ring (bicyclic) bond motifs is 2. The fourth-order valence-electron chi connectivity index (χ4n) is 5.02. The molecule has 2 atom stereocenters. The highest BCUT2D eigenvalue weighted by Gasteiger charge is 2.44. The third-order valence-corrected chi connectivity index (χ3v) is 6.96. The SMILES string of the molecule is COC(=O)c1ccc(-c2ccc3c(c2)N(C(=O)C2CCC(F)(F)CC2C)Cc2cccnc2N3)cn1. The van der Waals surface area contributed by atoms with Crippen LogP contribution in [0.3, 0.4) is 0 Å². The smallest absolute Gasteiger partial charge is 0.356 e. The Balaban J connectivity index is 1.54. The van der Waals surface area contributed by atoms with Crippen LogP contribution in [0.5, 0.6) is 0 Å². The number of methoxy groups -OCH3 is 1. The van der Waals surface area contributed by atoms with E-state index in [0.717, 1.165) is 16.7 Å². The molecule has 0 spiro atoms. The van der Waals surface area contributed by atoms with Crippen LogP contribution in [-0.2, 0) is 16.1 Å². The molecular weight excluding hydrogens is 466 g/mol. The number of pyridine rings is 2. The lowest BCUT2D eigenvalue weighted by atomic mass is 9.77. The van der Waals surface area contributed by atoms with Crippen molar-refractivity contribution in [2.45, 2.75) is 38.7 Å². The van der Waals surface area contributed by atoms with Gasteiger partial charge in [0, 0.05) is 42.3 Å². The van der Waals surface area contributed by atoms with E-state index < -0.39 is 23.7 Å². The standard InChI is InChI=1S/C27H26F2N4O3/c1-16-13-27(28,29)10-9-20(16)25(34)33-15-19-4-3-11-30-24(19)32-21-7-5-17(12-23(21)33)18-6-8-22(31-14-18)26(35)36-2/h3-8,11-12,14,16,20H,9-10,13,15H2,1-2H3,(H,30,32). The molecule has 3 heterocycles. The zero-order chi connectivity index (χ0) is 25.4. The van der Waals surface area contributed by atoms with Crippen LogP contribution in [0.4, 0.5) is 26.0 Å². The van der Waals surface area contributed by atoms with Crippen molar-refractivity contribution >= 4 is 29.1 Å². The summed E-state index contributed by atoms with van der Waals surface area (Å²) in [6.07, 6.45) is 2.82. The summed E-state index contributed by atoms with van der Waals surface area (Å²) in [6.45, 7) is 2.00. The van der Waals surface area contributed by atoms with Crippen LogP contribution < -0.4 is 10.2 Å². The van der Waals surface area contributed by atoms with Gasteiger partial charge in [-0.25, -0.2) is 23.5 Å². The van der Waals surface area contributed by atoms with Crippen molar-refractivity contribution in [3.63, 3.8) is 0 Å². The third-order valence-electron chi connectivity index (χ3n) is 6.96. The molecule has 2 aliphatic rings. The van der Waals surface area contributed by atoms with E-state index in [9.17, 15) is 18.4 Å². The molecule has 1 aliphatic carbocycles. The summed E-state index contributed by atoms with van der Waals surface area (Å²) in [7, 11) is 1.30. The monoisotopic (exact) mass is 492 g/mol. The van der Waals surface area contributed by atoms with Gasteiger partial charge in [-0.2, -0.15) is 0 Å². The van der Waals surface area contributed by atoms with Crippen LogP contribution in [0.15, 0.2) is 54.9 Å². The zero-order valence-corrected chi connectivity index (χ0v) is 20.0. The maximum Gasteiger partial charge on any atom is 0.356 e. The van der Waals surface area contributed by atoms with Gasteiger partial charge >= 0.3 is 5.97 Å². The summed E-state index contributed by atoms with van der Waals surface area (Å²) in [5.41, 5.74) is 3.90. The van der Waals surface area contributed by atoms with E-state index >= 15 is 0 Å². The second-order valence-electron chi connectivity index (χ2n) is 9.40. The van der Waals surface area contributed by atoms with E-state index in [0.29, 0.717) is 17.2 Å². The minimum absolute atomic E-state index is 0.144. The minimum atomic E-state index is -2.73. The van der Waals surface area contributed by atoms with Crippen LogP contribution in [0.1, 0.15) is 42.2 Å². The Kier molecular flexibility index (Phi) is 6.15. The zero-order valence-electron chi connectivity index (χ0n) is 20.0. The molecule has 1 aromatic carbocycles. The van der Waals surface area contributed by atoms with Gasteiger partial charge in [-0.1, -0.05) is 25.1 Å². The summed E-state index contributed by atoms with van der Waals surface area (Å²) in [5, 5.41) is 3.32. The first-order valence-corrected chi connectivity index (χ1v) is 11.8. The van der Waals surface area contributed by atoms with Crippen molar-refractivity contribution in [1.29, 1.82) is 0 Å². The molecule has 9 heteroatoms. The molecule has 36 heavy (non-hydrogen) atoms. The van der Waals surface area contributed by atoms with Crippen molar-refractivity contribution in [3.8, 4) is 11.1 Å². The number of rotatable bonds is 3. The average Bonchev–Trinajstić information content (AvgIpc) is 3.04. The average molecular weight is 493 g/mol. The van der Waals surface area contributed by atoms with Crippen molar-refractivity contribution in [1.82, 2.24) is 9.97 Å². The first-order chi connectivity index (χ1) is 17.3. The summed E-state index contributed by atoms with van der Waals surface area (Å²) >= 11 is 0. The number of hydrogen-bond donors (Lipinski definition) is 1. The Morgan fingerprint density at radius 2 is 1.94 bits per heavy atom. The molecule has 5 rings (SSSR count). The van der Waals surface area contributed by atoms with Gasteiger partial charge in [0.15, 0.2) is 0 Å². The predicted octanol–water partition coefficient (Wildman–Crippen LogP) is 5.59. The molecule has 1 saturated carbocycles. The van der Waals surface area contributed by atoms with E-state index in [-0.39, 0.29) is 37.4 Å². The van der Waals surface area contributed by atoms with Crippen LogP contribution in [0.25, 0.3) is 11.1 Å². The number of alkyl halides is 2. The van der Waals surface area contributed by atoms with E-state index in [1.165, 1.54) is 7.11 Å². The Bertz CT molecular complexity index is 1310. The highest BCUT2D eigenvalue weighted by atomic mass is 19.3. The van der Waals surface area contributed by atoms with Crippen molar-refractivity contribution in [3.05, 3.63) is 66.1 Å². The molecule has 0 radical (unpaired) electrons. The summed E-state index contributed by atoms with van der Waals surface area (Å²) in [4.78, 5) is 35.9. The highest BCUT2D eigenvalue weighted by molar-refractivity contribution is 6.00. The molecule has 0 saturated heterocycles. The second-order valence-corrected chi connectivity index (χ2v) is 9.40. The Hall–Kier alpha value is -3.88. The van der Waals surface area contributed by atoms with Gasteiger partial charge in [-0.05, 0) is 42.2 Å². The number of hydrogen-bond acceptors (Lipinski definition) is 6. The van der Waals surface area contributed by atoms with Gasteiger partial charge in [-0.3, -0.25) is 4.79 Å². The molecule has 7 nitrogen and oxygen atoms in total. The fourth-order valence-corrected chi connectivity index (χ4v) is 5.02. The van der Waals surface area contributed by atoms with Gasteiger partial charge in [0.1, 0.15) is 11.5 Å². The molecule has 1 N–H and O–H groups in total. The van der Waals surface area contributed by atoms with Crippen molar-refractivity contribution in [2.75, 3.05) is 17.3 Å². The fraction of sp³-hybridized carbons (Fsp3) is 0.333. The van der Waals surface area contributed by atoms with Gasteiger partial charge in [0.05, 0.1) is 25.0 Å². The lowest BCUT2D eigenvalue weighted by Gasteiger charge is -2.36. The van der Waals surface area contributed by atoms with Crippen molar-refractivity contribution < 1.29 is 23.1 Å². The number of esters is 1. The number of ether oxygens (including phenoxy) is 1. The minimum Gasteiger partial charge on any atom is -0.464 e. The first kappa shape index (κ1) is 23.8. The maximum absolute atomic E-state index is 14.0. The maximum atomic E-state index is 14.0. The number of carbonyl (C=O) groups is 2. The summed E-state index contributed by atoms with van der Waals surface area (Å²) in [5.74, 6) is -3.72. The second kappa shape index (κ2) is 9.29. The number of anilines is 3.